The Balaban J connectivity index is 2.43. The van der Waals surface area contributed by atoms with Gasteiger partial charge in [-0.25, -0.2) is 0 Å². The molecule has 0 radical (unpaired) electrons. The van der Waals surface area contributed by atoms with Crippen molar-refractivity contribution in [1.29, 1.82) is 0 Å². The van der Waals surface area contributed by atoms with Crippen LogP contribution in [0.15, 0.2) is 48.5 Å². The zero-order chi connectivity index (χ0) is 17.9. The van der Waals surface area contributed by atoms with Gasteiger partial charge in [0.05, 0.1) is 16.6 Å². The average Bonchev–Trinajstić information content (AvgIpc) is 2.48. The van der Waals surface area contributed by atoms with E-state index < -0.39 is 27.8 Å². The molecule has 0 fully saturated rings. The summed E-state index contributed by atoms with van der Waals surface area (Å²) < 4.78 is 50.7. The van der Waals surface area contributed by atoms with Crippen LogP contribution in [0.2, 0.25) is 0 Å². The Bertz CT molecular complexity index is 734. The van der Waals surface area contributed by atoms with Crippen LogP contribution < -0.4 is 0 Å². The number of rotatable bonds is 5. The van der Waals surface area contributed by atoms with Gasteiger partial charge < -0.3 is 0 Å². The molecule has 2 aromatic carbocycles. The van der Waals surface area contributed by atoms with Crippen LogP contribution >= 0.6 is 0 Å². The standard InChI is InChI=1S/C18H17F3O2S/c1-12-3-5-14(6-4-12)17(24(23)11-13(2)22)15-7-9-16(10-8-15)18(19,20)21/h3-10,17H,11H2,1-2H3. The molecule has 2 rings (SSSR count). The highest BCUT2D eigenvalue weighted by Crippen LogP contribution is 2.33. The first-order valence-corrected chi connectivity index (χ1v) is 8.67. The highest BCUT2D eigenvalue weighted by atomic mass is 32.2. The molecule has 128 valence electrons. The van der Waals surface area contributed by atoms with Gasteiger partial charge in [0.2, 0.25) is 0 Å². The number of Topliss-reactive ketones (excluding diaryl/α,β-unsaturated/α-hetero) is 1. The van der Waals surface area contributed by atoms with Crippen LogP contribution in [-0.4, -0.2) is 15.7 Å². The predicted molar refractivity (Wildman–Crippen MR) is 88.2 cm³/mol. The second-order valence-corrected chi connectivity index (χ2v) is 7.16. The third-order valence-electron chi connectivity index (χ3n) is 3.53. The number of ketones is 1. The monoisotopic (exact) mass is 354 g/mol. The Kier molecular flexibility index (Phi) is 5.59. The van der Waals surface area contributed by atoms with Gasteiger partial charge in [0.15, 0.2) is 0 Å². The van der Waals surface area contributed by atoms with Gasteiger partial charge in [-0.1, -0.05) is 42.0 Å². The predicted octanol–water partition coefficient (Wildman–Crippen LogP) is 4.44. The van der Waals surface area contributed by atoms with Crippen molar-refractivity contribution in [2.45, 2.75) is 25.3 Å². The molecule has 0 saturated heterocycles. The summed E-state index contributed by atoms with van der Waals surface area (Å²) in [6.45, 7) is 3.25. The lowest BCUT2D eigenvalue weighted by molar-refractivity contribution is -0.137. The Morgan fingerprint density at radius 2 is 1.46 bits per heavy atom. The van der Waals surface area contributed by atoms with Crippen molar-refractivity contribution in [3.8, 4) is 0 Å². The summed E-state index contributed by atoms with van der Waals surface area (Å²) in [5.41, 5.74) is 1.46. The normalized spacial score (nSPS) is 14.2. The highest BCUT2D eigenvalue weighted by molar-refractivity contribution is 7.86. The largest absolute Gasteiger partial charge is 0.416 e. The van der Waals surface area contributed by atoms with E-state index in [4.69, 9.17) is 0 Å². The molecule has 0 amide bonds. The number of hydrogen-bond donors (Lipinski definition) is 0. The molecule has 2 aromatic rings. The van der Waals surface area contributed by atoms with Crippen molar-refractivity contribution < 1.29 is 22.2 Å². The summed E-state index contributed by atoms with van der Waals surface area (Å²) in [6.07, 6.45) is -4.42. The van der Waals surface area contributed by atoms with Gasteiger partial charge in [0.25, 0.3) is 0 Å². The molecule has 0 N–H and O–H groups in total. The van der Waals surface area contributed by atoms with Gasteiger partial charge in [-0.05, 0) is 37.1 Å². The molecule has 2 unspecified atom stereocenters. The maximum absolute atomic E-state index is 12.7. The maximum Gasteiger partial charge on any atom is 0.416 e. The molecule has 6 heteroatoms. The van der Waals surface area contributed by atoms with E-state index >= 15 is 0 Å². The number of alkyl halides is 3. The summed E-state index contributed by atoms with van der Waals surface area (Å²) >= 11 is 0. The molecule has 0 aromatic heterocycles. The fourth-order valence-electron chi connectivity index (χ4n) is 2.37. The van der Waals surface area contributed by atoms with Crippen LogP contribution in [0.4, 0.5) is 13.2 Å². The molecular formula is C18H17F3O2S. The summed E-state index contributed by atoms with van der Waals surface area (Å²) in [7, 11) is -1.56. The van der Waals surface area contributed by atoms with E-state index in [-0.39, 0.29) is 11.5 Å². The summed E-state index contributed by atoms with van der Waals surface area (Å²) in [5, 5.41) is -0.642. The Hall–Kier alpha value is -1.95. The van der Waals surface area contributed by atoms with E-state index in [0.717, 1.165) is 17.7 Å². The van der Waals surface area contributed by atoms with Crippen molar-refractivity contribution in [2.24, 2.45) is 0 Å². The number of carbonyl (C=O) groups is 1. The SMILES string of the molecule is CC(=O)CS(=O)C(c1ccc(C)cc1)c1ccc(C(F)(F)F)cc1. The Morgan fingerprint density at radius 1 is 1.00 bits per heavy atom. The molecule has 0 aliphatic carbocycles. The van der Waals surface area contributed by atoms with Crippen molar-refractivity contribution in [2.75, 3.05) is 5.75 Å². The zero-order valence-electron chi connectivity index (χ0n) is 13.3. The number of carbonyl (C=O) groups excluding carboxylic acids is 1. The highest BCUT2D eigenvalue weighted by Gasteiger charge is 2.31. The Morgan fingerprint density at radius 3 is 1.88 bits per heavy atom. The quantitative estimate of drug-likeness (QED) is 0.795. The third kappa shape index (κ3) is 4.54. The van der Waals surface area contributed by atoms with Crippen LogP contribution in [0.3, 0.4) is 0 Å². The van der Waals surface area contributed by atoms with Crippen LogP contribution in [0.25, 0.3) is 0 Å². The van der Waals surface area contributed by atoms with Gasteiger partial charge >= 0.3 is 6.18 Å². The fraction of sp³-hybridized carbons (Fsp3) is 0.278. The second kappa shape index (κ2) is 7.30. The first-order chi connectivity index (χ1) is 11.2. The third-order valence-corrected chi connectivity index (χ3v) is 5.29. The van der Waals surface area contributed by atoms with E-state index in [1.54, 1.807) is 12.1 Å². The van der Waals surface area contributed by atoms with Crippen LogP contribution in [-0.2, 0) is 21.8 Å². The number of aryl methyl sites for hydroxylation is 1. The van der Waals surface area contributed by atoms with E-state index in [2.05, 4.69) is 0 Å². The molecule has 2 atom stereocenters. The number of hydrogen-bond acceptors (Lipinski definition) is 2. The van der Waals surface area contributed by atoms with Gasteiger partial charge in [0.1, 0.15) is 5.78 Å². The van der Waals surface area contributed by atoms with Gasteiger partial charge in [-0.3, -0.25) is 9.00 Å². The summed E-state index contributed by atoms with van der Waals surface area (Å²) in [5.74, 6) is -0.364. The van der Waals surface area contributed by atoms with E-state index in [1.165, 1.54) is 19.1 Å². The van der Waals surface area contributed by atoms with Gasteiger partial charge in [-0.15, -0.1) is 0 Å². The molecule has 24 heavy (non-hydrogen) atoms. The van der Waals surface area contributed by atoms with Gasteiger partial charge in [-0.2, -0.15) is 13.2 Å². The van der Waals surface area contributed by atoms with Crippen LogP contribution in [0, 0.1) is 6.92 Å². The molecule has 0 saturated carbocycles. The van der Waals surface area contributed by atoms with Crippen LogP contribution in [0.5, 0.6) is 0 Å². The number of benzene rings is 2. The molecular weight excluding hydrogens is 337 g/mol. The smallest absolute Gasteiger partial charge is 0.299 e. The summed E-state index contributed by atoms with van der Waals surface area (Å²) in [4.78, 5) is 11.3. The molecule has 0 bridgehead atoms. The first kappa shape index (κ1) is 18.4. The van der Waals surface area contributed by atoms with E-state index in [9.17, 15) is 22.2 Å². The zero-order valence-corrected chi connectivity index (χ0v) is 14.1. The van der Waals surface area contributed by atoms with Gasteiger partial charge in [0, 0.05) is 10.8 Å². The number of halogens is 3. The second-order valence-electron chi connectivity index (χ2n) is 5.64. The minimum Gasteiger partial charge on any atom is -0.299 e. The topological polar surface area (TPSA) is 34.1 Å². The maximum atomic E-state index is 12.7. The Labute approximate surface area is 141 Å². The van der Waals surface area contributed by atoms with Crippen LogP contribution in [0.1, 0.15) is 34.4 Å². The van der Waals surface area contributed by atoms with Crippen molar-refractivity contribution >= 4 is 16.6 Å². The lowest BCUT2D eigenvalue weighted by Crippen LogP contribution is -2.16. The fourth-order valence-corrected chi connectivity index (χ4v) is 3.86. The average molecular weight is 354 g/mol. The van der Waals surface area contributed by atoms with Crippen molar-refractivity contribution in [3.63, 3.8) is 0 Å². The minimum absolute atomic E-state index is 0.139. The molecule has 2 nitrogen and oxygen atoms in total. The molecule has 0 heterocycles. The molecule has 0 aliphatic heterocycles. The van der Waals surface area contributed by atoms with E-state index in [1.807, 2.05) is 19.1 Å². The minimum atomic E-state index is -4.42. The molecule has 0 spiro atoms. The first-order valence-electron chi connectivity index (χ1n) is 7.29. The van der Waals surface area contributed by atoms with E-state index in [0.29, 0.717) is 11.1 Å². The van der Waals surface area contributed by atoms with Crippen molar-refractivity contribution in [3.05, 3.63) is 70.8 Å². The summed E-state index contributed by atoms with van der Waals surface area (Å²) in [6, 6.07) is 11.9. The molecule has 0 aliphatic rings. The van der Waals surface area contributed by atoms with Crippen molar-refractivity contribution in [1.82, 2.24) is 0 Å². The lowest BCUT2D eigenvalue weighted by atomic mass is 10.0. The lowest BCUT2D eigenvalue weighted by Gasteiger charge is -2.18.